The Hall–Kier alpha value is -3.44. The van der Waals surface area contributed by atoms with Crippen LogP contribution in [0.2, 0.25) is 5.02 Å². The number of rotatable bonds is 5. The van der Waals surface area contributed by atoms with Crippen LogP contribution in [-0.2, 0) is 0 Å². The number of hydrogen-bond acceptors (Lipinski definition) is 3. The van der Waals surface area contributed by atoms with E-state index in [0.29, 0.717) is 34.1 Å². The first-order chi connectivity index (χ1) is 14.5. The molecule has 4 aromatic rings. The Bertz CT molecular complexity index is 1230. The van der Waals surface area contributed by atoms with Gasteiger partial charge in [-0.15, -0.1) is 0 Å². The zero-order chi connectivity index (χ0) is 21.1. The van der Waals surface area contributed by atoms with Gasteiger partial charge < -0.3 is 10.1 Å². The van der Waals surface area contributed by atoms with Crippen molar-refractivity contribution >= 4 is 34.1 Å². The topological polar surface area (TPSA) is 51.2 Å². The van der Waals surface area contributed by atoms with Crippen molar-refractivity contribution in [3.8, 4) is 17.0 Å². The molecule has 3 aromatic carbocycles. The number of fused-ring (bicyclic) bond motifs is 1. The minimum Gasteiger partial charge on any atom is -0.493 e. The van der Waals surface area contributed by atoms with Crippen LogP contribution in [0, 0.1) is 5.82 Å². The summed E-state index contributed by atoms with van der Waals surface area (Å²) in [6.07, 6.45) is 0. The van der Waals surface area contributed by atoms with Crippen molar-refractivity contribution in [2.24, 2.45) is 0 Å². The first-order valence-electron chi connectivity index (χ1n) is 9.44. The predicted molar refractivity (Wildman–Crippen MR) is 118 cm³/mol. The molecule has 0 saturated heterocycles. The fraction of sp³-hybridized carbons (Fsp3) is 0.0833. The number of carbonyl (C=O) groups is 1. The molecule has 4 nitrogen and oxygen atoms in total. The monoisotopic (exact) mass is 420 g/mol. The van der Waals surface area contributed by atoms with Gasteiger partial charge >= 0.3 is 0 Å². The highest BCUT2D eigenvalue weighted by Crippen LogP contribution is 2.32. The van der Waals surface area contributed by atoms with E-state index in [0.717, 1.165) is 16.6 Å². The second kappa shape index (κ2) is 8.51. The second-order valence-electron chi connectivity index (χ2n) is 6.64. The third-order valence-corrected chi connectivity index (χ3v) is 4.79. The Morgan fingerprint density at radius 1 is 1.07 bits per heavy atom. The maximum absolute atomic E-state index is 13.1. The van der Waals surface area contributed by atoms with Crippen LogP contribution >= 0.6 is 11.6 Å². The number of anilines is 1. The number of amides is 1. The molecular formula is C24H18ClFN2O2. The maximum Gasteiger partial charge on any atom is 0.255 e. The highest BCUT2D eigenvalue weighted by atomic mass is 35.5. The number of ether oxygens (including phenoxy) is 1. The van der Waals surface area contributed by atoms with Gasteiger partial charge in [0.25, 0.3) is 5.91 Å². The summed E-state index contributed by atoms with van der Waals surface area (Å²) in [5.41, 5.74) is 3.28. The lowest BCUT2D eigenvalue weighted by atomic mass is 10.1. The first kappa shape index (κ1) is 19.9. The molecule has 0 spiro atoms. The van der Waals surface area contributed by atoms with Crippen molar-refractivity contribution in [2.45, 2.75) is 6.92 Å². The van der Waals surface area contributed by atoms with E-state index in [1.54, 1.807) is 18.2 Å². The van der Waals surface area contributed by atoms with Crippen molar-refractivity contribution in [3.63, 3.8) is 0 Å². The van der Waals surface area contributed by atoms with Crippen molar-refractivity contribution in [3.05, 3.63) is 89.2 Å². The van der Waals surface area contributed by atoms with Gasteiger partial charge in [-0.2, -0.15) is 0 Å². The zero-order valence-corrected chi connectivity index (χ0v) is 16.9. The van der Waals surface area contributed by atoms with Gasteiger partial charge in [0.1, 0.15) is 11.6 Å². The van der Waals surface area contributed by atoms with Crippen LogP contribution in [-0.4, -0.2) is 17.5 Å². The number of nitrogens with one attached hydrogen (secondary N) is 1. The molecule has 0 bridgehead atoms. The molecule has 1 amide bonds. The second-order valence-corrected chi connectivity index (χ2v) is 7.08. The summed E-state index contributed by atoms with van der Waals surface area (Å²) >= 11 is 6.12. The Morgan fingerprint density at radius 2 is 1.87 bits per heavy atom. The molecule has 0 atom stereocenters. The lowest BCUT2D eigenvalue weighted by Gasteiger charge is -2.12. The number of benzene rings is 3. The van der Waals surface area contributed by atoms with Crippen molar-refractivity contribution in [2.75, 3.05) is 11.9 Å². The number of pyridine rings is 1. The Balaban J connectivity index is 1.72. The molecular weight excluding hydrogens is 403 g/mol. The molecule has 0 unspecified atom stereocenters. The summed E-state index contributed by atoms with van der Waals surface area (Å²) in [5.74, 6) is -0.0274. The van der Waals surface area contributed by atoms with Crippen LogP contribution < -0.4 is 10.1 Å². The molecule has 4 rings (SSSR count). The van der Waals surface area contributed by atoms with Gasteiger partial charge in [0.15, 0.2) is 0 Å². The fourth-order valence-electron chi connectivity index (χ4n) is 3.14. The van der Waals surface area contributed by atoms with Crippen LogP contribution in [0.25, 0.3) is 22.2 Å². The van der Waals surface area contributed by atoms with Gasteiger partial charge in [-0.3, -0.25) is 4.79 Å². The lowest BCUT2D eigenvalue weighted by Crippen LogP contribution is -2.12. The van der Waals surface area contributed by atoms with E-state index in [2.05, 4.69) is 5.32 Å². The predicted octanol–water partition coefficient (Wildman–Crippen LogP) is 6.35. The van der Waals surface area contributed by atoms with Gasteiger partial charge in [0.2, 0.25) is 0 Å². The van der Waals surface area contributed by atoms with Crippen LogP contribution in [0.5, 0.6) is 5.75 Å². The number of carbonyl (C=O) groups excluding carboxylic acids is 1. The van der Waals surface area contributed by atoms with E-state index in [4.69, 9.17) is 21.3 Å². The number of hydrogen-bond donors (Lipinski definition) is 1. The third-order valence-electron chi connectivity index (χ3n) is 4.56. The molecule has 1 aromatic heterocycles. The Kier molecular flexibility index (Phi) is 5.63. The van der Waals surface area contributed by atoms with Gasteiger partial charge in [-0.25, -0.2) is 9.37 Å². The average Bonchev–Trinajstić information content (AvgIpc) is 2.75. The van der Waals surface area contributed by atoms with Crippen molar-refractivity contribution in [1.29, 1.82) is 0 Å². The molecule has 150 valence electrons. The van der Waals surface area contributed by atoms with Crippen LogP contribution in [0.1, 0.15) is 17.3 Å². The van der Waals surface area contributed by atoms with E-state index in [1.165, 1.54) is 24.3 Å². The molecule has 6 heteroatoms. The van der Waals surface area contributed by atoms with E-state index in [-0.39, 0.29) is 11.7 Å². The van der Waals surface area contributed by atoms with Crippen molar-refractivity contribution in [1.82, 2.24) is 4.98 Å². The Morgan fingerprint density at radius 3 is 2.60 bits per heavy atom. The summed E-state index contributed by atoms with van der Waals surface area (Å²) in [6, 6.07) is 20.1. The standard InChI is InChI=1S/C24H18ClFN2O2/c1-2-30-23-14-22(15-4-3-5-17(25)12-15)28-21-11-6-16(13-20(21)23)24(29)27-19-9-7-18(26)8-10-19/h3-14H,2H2,1H3,(H,27,29). The van der Waals surface area contributed by atoms with Crippen LogP contribution in [0.15, 0.2) is 72.8 Å². The first-order valence-corrected chi connectivity index (χ1v) is 9.82. The maximum atomic E-state index is 13.1. The van der Waals surface area contributed by atoms with Gasteiger partial charge in [-0.1, -0.05) is 23.7 Å². The number of nitrogens with zero attached hydrogens (tertiary/aromatic N) is 1. The lowest BCUT2D eigenvalue weighted by molar-refractivity contribution is 0.102. The van der Waals surface area contributed by atoms with E-state index in [1.807, 2.05) is 37.3 Å². The van der Waals surface area contributed by atoms with Crippen LogP contribution in [0.3, 0.4) is 0 Å². The van der Waals surface area contributed by atoms with Gasteiger partial charge in [-0.05, 0) is 61.5 Å². The molecule has 0 saturated carbocycles. The van der Waals surface area contributed by atoms with Crippen molar-refractivity contribution < 1.29 is 13.9 Å². The molecule has 30 heavy (non-hydrogen) atoms. The smallest absolute Gasteiger partial charge is 0.255 e. The number of halogens is 2. The van der Waals surface area contributed by atoms with Gasteiger partial charge in [0, 0.05) is 33.3 Å². The van der Waals surface area contributed by atoms with E-state index >= 15 is 0 Å². The zero-order valence-electron chi connectivity index (χ0n) is 16.2. The van der Waals surface area contributed by atoms with Gasteiger partial charge in [0.05, 0.1) is 17.8 Å². The summed E-state index contributed by atoms with van der Waals surface area (Å²) in [5, 5.41) is 4.12. The molecule has 0 aliphatic heterocycles. The highest BCUT2D eigenvalue weighted by Gasteiger charge is 2.13. The quantitative estimate of drug-likeness (QED) is 0.409. The summed E-state index contributed by atoms with van der Waals surface area (Å²) < 4.78 is 18.9. The molecule has 1 N–H and O–H groups in total. The van der Waals surface area contributed by atoms with Crippen LogP contribution in [0.4, 0.5) is 10.1 Å². The summed E-state index contributed by atoms with van der Waals surface area (Å²) in [4.78, 5) is 17.4. The molecule has 0 radical (unpaired) electrons. The van der Waals surface area contributed by atoms with E-state index < -0.39 is 0 Å². The molecule has 0 aliphatic rings. The molecule has 0 aliphatic carbocycles. The summed E-state index contributed by atoms with van der Waals surface area (Å²) in [6.45, 7) is 2.37. The SMILES string of the molecule is CCOc1cc(-c2cccc(Cl)c2)nc2ccc(C(=O)Nc3ccc(F)cc3)cc12. The fourth-order valence-corrected chi connectivity index (χ4v) is 3.33. The minimum absolute atomic E-state index is 0.301. The minimum atomic E-state index is -0.360. The third kappa shape index (κ3) is 4.26. The summed E-state index contributed by atoms with van der Waals surface area (Å²) in [7, 11) is 0. The molecule has 1 heterocycles. The molecule has 0 fully saturated rings. The van der Waals surface area contributed by atoms with E-state index in [9.17, 15) is 9.18 Å². The average molecular weight is 421 g/mol. The Labute approximate surface area is 178 Å². The highest BCUT2D eigenvalue weighted by molar-refractivity contribution is 6.30. The largest absolute Gasteiger partial charge is 0.493 e. The normalized spacial score (nSPS) is 10.8. The number of aromatic nitrogens is 1.